The van der Waals surface area contributed by atoms with Crippen LogP contribution >= 0.6 is 0 Å². The minimum absolute atomic E-state index is 0.543. The summed E-state index contributed by atoms with van der Waals surface area (Å²) in [5.41, 5.74) is 25.6. The van der Waals surface area contributed by atoms with Gasteiger partial charge < -0.3 is 20.3 Å². The number of hydrogen-bond acceptors (Lipinski definition) is 4. The van der Waals surface area contributed by atoms with Gasteiger partial charge in [0.15, 0.2) is 0 Å². The molecule has 55 heavy (non-hydrogen) atoms. The molecular weight excluding hydrogens is 673 g/mol. The molecule has 8 aromatic carbocycles. The largest absolute Gasteiger partial charge is 0.456 e. The molecule has 0 saturated carbocycles. The monoisotopic (exact) mass is 714 g/mol. The molecule has 10 rings (SSSR count). The van der Waals surface area contributed by atoms with Crippen molar-refractivity contribution in [3.8, 4) is 33.4 Å². The molecule has 0 amide bonds. The molecule has 0 aliphatic heterocycles. The third-order valence-corrected chi connectivity index (χ3v) is 9.99. The summed E-state index contributed by atoms with van der Waals surface area (Å²) >= 11 is 0. The number of benzene rings is 8. The molecular formula is C51H42N2O2. The van der Waals surface area contributed by atoms with Crippen LogP contribution in [0.4, 0.5) is 0 Å². The van der Waals surface area contributed by atoms with Crippen molar-refractivity contribution in [2.45, 2.75) is 20.0 Å². The van der Waals surface area contributed by atoms with Crippen molar-refractivity contribution >= 4 is 43.9 Å². The molecule has 268 valence electrons. The van der Waals surface area contributed by atoms with E-state index in [0.29, 0.717) is 13.1 Å². The summed E-state index contributed by atoms with van der Waals surface area (Å²) in [6.07, 6.45) is 0. The van der Waals surface area contributed by atoms with E-state index in [4.69, 9.17) is 20.3 Å². The number of nitrogens with two attached hydrogens (primary N) is 2. The third-order valence-electron chi connectivity index (χ3n) is 9.99. The van der Waals surface area contributed by atoms with Gasteiger partial charge in [0.2, 0.25) is 0 Å². The second-order valence-corrected chi connectivity index (χ2v) is 13.5. The molecule has 4 N–H and O–H groups in total. The molecule has 4 nitrogen and oxygen atoms in total. The average molecular weight is 715 g/mol. The van der Waals surface area contributed by atoms with E-state index in [9.17, 15) is 0 Å². The molecule has 4 heteroatoms. The second kappa shape index (κ2) is 16.1. The zero-order valence-electron chi connectivity index (χ0n) is 30.8. The highest BCUT2D eigenvalue weighted by atomic mass is 16.3. The summed E-state index contributed by atoms with van der Waals surface area (Å²) in [6.45, 7) is 3.29. The first kappa shape index (κ1) is 35.3. The number of para-hydroxylation sites is 2. The standard InChI is InChI=1S/C31H22O.C13H11NO.C7H9N/c1-21-17-18-27(30-28-15-5-6-16-29(28)32-31(21)30)26-14-8-13-25(20-26)24-12-7-11-23(19-24)22-9-3-2-4-10-22;14-8-9-4-3-7-12-13(9)10-5-1-2-6-11(10)15-12;8-6-7-4-2-1-3-5-7/h2-20H,1H3;1-7H,8,14H2;1-5H,6,8H2. The molecule has 2 heterocycles. The number of aryl methyl sites for hydroxylation is 1. The molecule has 0 aliphatic rings. The Kier molecular flexibility index (Phi) is 10.3. The Balaban J connectivity index is 0.000000152. The molecule has 0 radical (unpaired) electrons. The lowest BCUT2D eigenvalue weighted by molar-refractivity contribution is 0.666. The molecule has 2 aromatic heterocycles. The van der Waals surface area contributed by atoms with Crippen molar-refractivity contribution in [2.24, 2.45) is 11.5 Å². The Morgan fingerprint density at radius 2 is 0.909 bits per heavy atom. The lowest BCUT2D eigenvalue weighted by atomic mass is 9.94. The summed E-state index contributed by atoms with van der Waals surface area (Å²) in [4.78, 5) is 0. The second-order valence-electron chi connectivity index (χ2n) is 13.5. The summed E-state index contributed by atoms with van der Waals surface area (Å²) in [5.74, 6) is 0. The summed E-state index contributed by atoms with van der Waals surface area (Å²) in [6, 6.07) is 64.8. The van der Waals surface area contributed by atoms with Crippen LogP contribution in [0.25, 0.3) is 77.3 Å². The predicted molar refractivity (Wildman–Crippen MR) is 231 cm³/mol. The van der Waals surface area contributed by atoms with Crippen molar-refractivity contribution in [1.29, 1.82) is 0 Å². The molecule has 10 aromatic rings. The lowest BCUT2D eigenvalue weighted by Gasteiger charge is -2.10. The smallest absolute Gasteiger partial charge is 0.138 e. The van der Waals surface area contributed by atoms with Crippen LogP contribution in [-0.2, 0) is 13.1 Å². The number of rotatable bonds is 5. The van der Waals surface area contributed by atoms with E-state index in [1.54, 1.807) is 0 Å². The molecule has 0 atom stereocenters. The summed E-state index contributed by atoms with van der Waals surface area (Å²) < 4.78 is 12.0. The minimum Gasteiger partial charge on any atom is -0.456 e. The van der Waals surface area contributed by atoms with Crippen LogP contribution in [0.3, 0.4) is 0 Å². The van der Waals surface area contributed by atoms with Crippen LogP contribution < -0.4 is 11.5 Å². The normalized spacial score (nSPS) is 11.0. The van der Waals surface area contributed by atoms with Gasteiger partial charge in [0, 0.05) is 34.6 Å². The fourth-order valence-corrected chi connectivity index (χ4v) is 7.21. The predicted octanol–water partition coefficient (Wildman–Crippen LogP) is 13.1. The van der Waals surface area contributed by atoms with Crippen LogP contribution in [0.5, 0.6) is 0 Å². The third kappa shape index (κ3) is 7.42. The number of hydrogen-bond donors (Lipinski definition) is 2. The Bertz CT molecular complexity index is 2850. The summed E-state index contributed by atoms with van der Waals surface area (Å²) in [7, 11) is 0. The summed E-state index contributed by atoms with van der Waals surface area (Å²) in [5, 5.41) is 4.65. The first-order valence-corrected chi connectivity index (χ1v) is 18.6. The van der Waals surface area contributed by atoms with E-state index in [0.717, 1.165) is 49.6 Å². The molecule has 0 saturated heterocycles. The molecule has 0 aliphatic carbocycles. The van der Waals surface area contributed by atoms with Crippen LogP contribution in [0.15, 0.2) is 197 Å². The fraction of sp³-hybridized carbons (Fsp3) is 0.0588. The Morgan fingerprint density at radius 1 is 0.400 bits per heavy atom. The van der Waals surface area contributed by atoms with E-state index in [1.165, 1.54) is 44.3 Å². The van der Waals surface area contributed by atoms with Crippen molar-refractivity contribution in [3.05, 3.63) is 205 Å². The quantitative estimate of drug-likeness (QED) is 0.186. The van der Waals surface area contributed by atoms with Gasteiger partial charge in [-0.2, -0.15) is 0 Å². The van der Waals surface area contributed by atoms with Gasteiger partial charge in [0.05, 0.1) is 0 Å². The van der Waals surface area contributed by atoms with Gasteiger partial charge >= 0.3 is 0 Å². The van der Waals surface area contributed by atoms with E-state index in [-0.39, 0.29) is 0 Å². The van der Waals surface area contributed by atoms with Crippen molar-refractivity contribution < 1.29 is 8.83 Å². The van der Waals surface area contributed by atoms with Crippen molar-refractivity contribution in [1.82, 2.24) is 0 Å². The van der Waals surface area contributed by atoms with Gasteiger partial charge in [-0.3, -0.25) is 0 Å². The van der Waals surface area contributed by atoms with Gasteiger partial charge in [-0.25, -0.2) is 0 Å². The topological polar surface area (TPSA) is 78.3 Å². The van der Waals surface area contributed by atoms with Crippen molar-refractivity contribution in [3.63, 3.8) is 0 Å². The molecule has 0 unspecified atom stereocenters. The maximum Gasteiger partial charge on any atom is 0.138 e. The Morgan fingerprint density at radius 3 is 1.56 bits per heavy atom. The van der Waals surface area contributed by atoms with Crippen LogP contribution in [0, 0.1) is 6.92 Å². The maximum atomic E-state index is 6.22. The van der Waals surface area contributed by atoms with Gasteiger partial charge in [-0.15, -0.1) is 0 Å². The van der Waals surface area contributed by atoms with Gasteiger partial charge in [0.25, 0.3) is 0 Å². The van der Waals surface area contributed by atoms with E-state index >= 15 is 0 Å². The fourth-order valence-electron chi connectivity index (χ4n) is 7.21. The van der Waals surface area contributed by atoms with Crippen LogP contribution in [0.1, 0.15) is 16.7 Å². The highest BCUT2D eigenvalue weighted by Gasteiger charge is 2.15. The van der Waals surface area contributed by atoms with Crippen LogP contribution in [-0.4, -0.2) is 0 Å². The first-order chi connectivity index (χ1) is 27.1. The van der Waals surface area contributed by atoms with E-state index in [1.807, 2.05) is 78.9 Å². The SMILES string of the molecule is Cc1ccc(-c2cccc(-c3cccc(-c4ccccc4)c3)c2)c2c1oc1ccccc12.NCc1cccc2oc3ccccc3c12.NCc1ccccc1. The van der Waals surface area contributed by atoms with Gasteiger partial charge in [0.1, 0.15) is 22.3 Å². The van der Waals surface area contributed by atoms with Gasteiger partial charge in [-0.05, 0) is 87.3 Å². The zero-order chi connectivity index (χ0) is 37.6. The molecule has 0 bridgehead atoms. The zero-order valence-corrected chi connectivity index (χ0v) is 30.8. The minimum atomic E-state index is 0.543. The van der Waals surface area contributed by atoms with Crippen molar-refractivity contribution in [2.75, 3.05) is 0 Å². The number of furan rings is 2. The van der Waals surface area contributed by atoms with Crippen LogP contribution in [0.2, 0.25) is 0 Å². The first-order valence-electron chi connectivity index (χ1n) is 18.6. The lowest BCUT2D eigenvalue weighted by Crippen LogP contribution is -1.95. The van der Waals surface area contributed by atoms with E-state index < -0.39 is 0 Å². The molecule has 0 spiro atoms. The highest BCUT2D eigenvalue weighted by Crippen LogP contribution is 2.39. The van der Waals surface area contributed by atoms with Gasteiger partial charge in [-0.1, -0.05) is 158 Å². The molecule has 0 fully saturated rings. The van der Waals surface area contributed by atoms with E-state index in [2.05, 4.69) is 116 Å². The Hall–Kier alpha value is -6.72. The Labute approximate surface area is 321 Å². The average Bonchev–Trinajstić information content (AvgIpc) is 3.85. The maximum absolute atomic E-state index is 6.22. The number of fused-ring (bicyclic) bond motifs is 6. The highest BCUT2D eigenvalue weighted by molar-refractivity contribution is 6.13.